The third kappa shape index (κ3) is 3.14. The number of amides is 1. The van der Waals surface area contributed by atoms with E-state index in [-0.39, 0.29) is 11.9 Å². The fourth-order valence-corrected chi connectivity index (χ4v) is 2.99. The summed E-state index contributed by atoms with van der Waals surface area (Å²) < 4.78 is 0. The first-order valence-electron chi connectivity index (χ1n) is 5.99. The smallest absolute Gasteiger partial charge is 0.270 e. The van der Waals surface area contributed by atoms with Crippen molar-refractivity contribution in [1.82, 2.24) is 10.3 Å². The molecule has 1 aliphatic rings. The molecule has 1 aromatic rings. The van der Waals surface area contributed by atoms with Crippen molar-refractivity contribution in [3.8, 4) is 0 Å². The predicted octanol–water partition coefficient (Wildman–Crippen LogP) is 1.38. The van der Waals surface area contributed by atoms with E-state index < -0.39 is 0 Å². The Hall–Kier alpha value is -1.27. The van der Waals surface area contributed by atoms with Gasteiger partial charge in [-0.1, -0.05) is 0 Å². The van der Waals surface area contributed by atoms with Gasteiger partial charge in [-0.3, -0.25) is 15.6 Å². The van der Waals surface area contributed by atoms with Crippen LogP contribution in [0.3, 0.4) is 0 Å². The Morgan fingerprint density at radius 2 is 2.39 bits per heavy atom. The molecule has 1 fully saturated rings. The van der Waals surface area contributed by atoms with E-state index >= 15 is 0 Å². The first-order valence-corrected chi connectivity index (χ1v) is 7.28. The number of hydrazine groups is 1. The van der Waals surface area contributed by atoms with E-state index in [1.54, 1.807) is 18.3 Å². The summed E-state index contributed by atoms with van der Waals surface area (Å²) in [6.07, 6.45) is 6.95. The monoisotopic (exact) mass is 266 g/mol. The molecule has 0 bridgehead atoms. The highest BCUT2D eigenvalue weighted by Gasteiger charge is 2.25. The number of rotatable bonds is 4. The molecule has 0 aliphatic heterocycles. The number of nitrogens with zero attached hydrogens (tertiary/aromatic N) is 1. The molecular weight excluding hydrogens is 248 g/mol. The molecule has 0 aromatic carbocycles. The van der Waals surface area contributed by atoms with Crippen molar-refractivity contribution in [2.24, 2.45) is 5.84 Å². The first kappa shape index (κ1) is 13.2. The molecule has 4 N–H and O–H groups in total. The van der Waals surface area contributed by atoms with Crippen LogP contribution in [0.5, 0.6) is 0 Å². The van der Waals surface area contributed by atoms with Crippen molar-refractivity contribution in [2.75, 3.05) is 11.7 Å². The van der Waals surface area contributed by atoms with Crippen LogP contribution in [0, 0.1) is 0 Å². The summed E-state index contributed by atoms with van der Waals surface area (Å²) in [5.41, 5.74) is 3.59. The number of carbonyl (C=O) groups excluding carboxylic acids is 1. The zero-order chi connectivity index (χ0) is 13.0. The average molecular weight is 266 g/mol. The van der Waals surface area contributed by atoms with Crippen LogP contribution in [0.25, 0.3) is 0 Å². The number of nitrogen functional groups attached to an aromatic ring is 1. The fourth-order valence-electron chi connectivity index (χ4n) is 2.19. The predicted molar refractivity (Wildman–Crippen MR) is 74.5 cm³/mol. The van der Waals surface area contributed by atoms with E-state index in [0.29, 0.717) is 16.6 Å². The maximum absolute atomic E-state index is 12.0. The van der Waals surface area contributed by atoms with Crippen LogP contribution in [0.4, 0.5) is 5.69 Å². The van der Waals surface area contributed by atoms with Crippen molar-refractivity contribution in [3.05, 3.63) is 24.0 Å². The van der Waals surface area contributed by atoms with Crippen molar-refractivity contribution >= 4 is 23.4 Å². The maximum Gasteiger partial charge on any atom is 0.270 e. The van der Waals surface area contributed by atoms with Crippen LogP contribution in [-0.2, 0) is 0 Å². The van der Waals surface area contributed by atoms with Gasteiger partial charge < -0.3 is 10.7 Å². The molecule has 0 saturated heterocycles. The Labute approximate surface area is 111 Å². The first-order chi connectivity index (χ1) is 8.72. The van der Waals surface area contributed by atoms with Gasteiger partial charge in [0.15, 0.2) is 0 Å². The quantitative estimate of drug-likeness (QED) is 0.567. The van der Waals surface area contributed by atoms with E-state index in [1.165, 1.54) is 6.42 Å². The van der Waals surface area contributed by atoms with Crippen LogP contribution in [-0.4, -0.2) is 28.4 Å². The summed E-state index contributed by atoms with van der Waals surface area (Å²) in [6.45, 7) is 0. The minimum absolute atomic E-state index is 0.126. The number of nitrogens with two attached hydrogens (primary N) is 1. The summed E-state index contributed by atoms with van der Waals surface area (Å²) in [5.74, 6) is 5.18. The van der Waals surface area contributed by atoms with Crippen LogP contribution < -0.4 is 16.6 Å². The van der Waals surface area contributed by atoms with E-state index in [0.717, 1.165) is 12.8 Å². The van der Waals surface area contributed by atoms with Gasteiger partial charge in [0, 0.05) is 17.5 Å². The van der Waals surface area contributed by atoms with E-state index in [1.807, 2.05) is 11.8 Å². The highest BCUT2D eigenvalue weighted by molar-refractivity contribution is 7.99. The topological polar surface area (TPSA) is 80.0 Å². The Balaban J connectivity index is 1.95. The van der Waals surface area contributed by atoms with Gasteiger partial charge in [-0.05, 0) is 37.7 Å². The lowest BCUT2D eigenvalue weighted by atomic mass is 10.2. The van der Waals surface area contributed by atoms with Gasteiger partial charge in [0.2, 0.25) is 0 Å². The van der Waals surface area contributed by atoms with E-state index in [9.17, 15) is 4.79 Å². The van der Waals surface area contributed by atoms with Crippen molar-refractivity contribution < 1.29 is 4.79 Å². The van der Waals surface area contributed by atoms with E-state index in [2.05, 4.69) is 22.0 Å². The molecule has 6 heteroatoms. The van der Waals surface area contributed by atoms with E-state index in [4.69, 9.17) is 5.84 Å². The molecule has 1 heterocycles. The molecule has 0 radical (unpaired) electrons. The van der Waals surface area contributed by atoms with Gasteiger partial charge in [0.05, 0.1) is 5.69 Å². The van der Waals surface area contributed by atoms with Crippen molar-refractivity contribution in [1.29, 1.82) is 0 Å². The second-order valence-corrected chi connectivity index (χ2v) is 5.55. The zero-order valence-corrected chi connectivity index (χ0v) is 11.2. The summed E-state index contributed by atoms with van der Waals surface area (Å²) in [7, 11) is 0. The molecule has 2 unspecified atom stereocenters. The fraction of sp³-hybridized carbons (Fsp3) is 0.500. The molecule has 2 atom stereocenters. The van der Waals surface area contributed by atoms with Gasteiger partial charge in [-0.25, -0.2) is 0 Å². The third-order valence-electron chi connectivity index (χ3n) is 3.21. The number of thioether (sulfide) groups is 1. The number of anilines is 1. The van der Waals surface area contributed by atoms with Crippen LogP contribution in [0.1, 0.15) is 29.8 Å². The second-order valence-electron chi connectivity index (χ2n) is 4.42. The molecule has 2 rings (SSSR count). The Kier molecular flexibility index (Phi) is 4.43. The molecule has 5 nitrogen and oxygen atoms in total. The van der Waals surface area contributed by atoms with Crippen molar-refractivity contribution in [2.45, 2.75) is 30.6 Å². The highest BCUT2D eigenvalue weighted by Crippen LogP contribution is 2.28. The number of aromatic nitrogens is 1. The number of nitrogens with one attached hydrogen (secondary N) is 2. The van der Waals surface area contributed by atoms with Gasteiger partial charge in [0.1, 0.15) is 5.69 Å². The largest absolute Gasteiger partial charge is 0.348 e. The molecule has 1 aliphatic carbocycles. The summed E-state index contributed by atoms with van der Waals surface area (Å²) in [4.78, 5) is 16.1. The second kappa shape index (κ2) is 6.06. The lowest BCUT2D eigenvalue weighted by Crippen LogP contribution is -2.33. The standard InChI is InChI=1S/C12H18N4OS/c1-18-10-3-2-8(6-10)15-12(17)11-7-9(16-13)4-5-14-11/h4-5,7-8,10H,2-3,6,13H2,1H3,(H,14,16)(H,15,17). The molecular formula is C12H18N4OS. The van der Waals surface area contributed by atoms with Gasteiger partial charge in [-0.2, -0.15) is 11.8 Å². The number of carbonyl (C=O) groups is 1. The molecule has 1 saturated carbocycles. The summed E-state index contributed by atoms with van der Waals surface area (Å²) in [6, 6.07) is 3.64. The van der Waals surface area contributed by atoms with Crippen LogP contribution in [0.15, 0.2) is 18.3 Å². The Morgan fingerprint density at radius 3 is 3.06 bits per heavy atom. The van der Waals surface area contributed by atoms with Gasteiger partial charge >= 0.3 is 0 Å². The normalized spacial score (nSPS) is 22.8. The van der Waals surface area contributed by atoms with Crippen molar-refractivity contribution in [3.63, 3.8) is 0 Å². The minimum Gasteiger partial charge on any atom is -0.348 e. The van der Waals surface area contributed by atoms with Crippen LogP contribution in [0.2, 0.25) is 0 Å². The molecule has 0 spiro atoms. The Bertz CT molecular complexity index is 426. The third-order valence-corrected chi connectivity index (χ3v) is 4.31. The summed E-state index contributed by atoms with van der Waals surface area (Å²) in [5, 5.41) is 3.69. The number of pyridine rings is 1. The Morgan fingerprint density at radius 1 is 1.56 bits per heavy atom. The average Bonchev–Trinajstić information content (AvgIpc) is 2.86. The highest BCUT2D eigenvalue weighted by atomic mass is 32.2. The lowest BCUT2D eigenvalue weighted by Gasteiger charge is -2.12. The SMILES string of the molecule is CSC1CCC(NC(=O)c2cc(NN)ccn2)C1. The molecule has 18 heavy (non-hydrogen) atoms. The molecule has 1 amide bonds. The number of hydrogen-bond donors (Lipinski definition) is 3. The van der Waals surface area contributed by atoms with Crippen LogP contribution >= 0.6 is 11.8 Å². The molecule has 98 valence electrons. The van der Waals surface area contributed by atoms with Gasteiger partial charge in [0.25, 0.3) is 5.91 Å². The minimum atomic E-state index is -0.126. The maximum atomic E-state index is 12.0. The molecule has 1 aromatic heterocycles. The van der Waals surface area contributed by atoms with Gasteiger partial charge in [-0.15, -0.1) is 0 Å². The summed E-state index contributed by atoms with van der Waals surface area (Å²) >= 11 is 1.87. The zero-order valence-electron chi connectivity index (χ0n) is 10.3. The lowest BCUT2D eigenvalue weighted by molar-refractivity contribution is 0.0933. The number of hydrogen-bond acceptors (Lipinski definition) is 5.